The molecule has 4 heterocycles. The number of carbonyl (C=O) groups is 1. The first-order valence-electron chi connectivity index (χ1n) is 9.27. The Morgan fingerprint density at radius 1 is 1.11 bits per heavy atom. The molecule has 0 aliphatic carbocycles. The summed E-state index contributed by atoms with van der Waals surface area (Å²) in [6.45, 7) is 1.02. The molecule has 1 fully saturated rings. The van der Waals surface area contributed by atoms with Gasteiger partial charge in [-0.25, -0.2) is 9.48 Å². The Hall–Kier alpha value is -2.67. The highest BCUT2D eigenvalue weighted by molar-refractivity contribution is 7.12. The number of hydrogen-bond donors (Lipinski definition) is 0. The van der Waals surface area contributed by atoms with Crippen LogP contribution in [-0.2, 0) is 19.5 Å². The summed E-state index contributed by atoms with van der Waals surface area (Å²) < 4.78 is 3.34. The number of hydrogen-bond acceptors (Lipinski definition) is 4. The van der Waals surface area contributed by atoms with Crippen LogP contribution in [0.3, 0.4) is 0 Å². The molecular formula is C20H20N4O2S. The van der Waals surface area contributed by atoms with Crippen molar-refractivity contribution < 1.29 is 4.79 Å². The van der Waals surface area contributed by atoms with Crippen molar-refractivity contribution in [3.8, 4) is 0 Å². The van der Waals surface area contributed by atoms with Gasteiger partial charge in [-0.1, -0.05) is 36.4 Å². The van der Waals surface area contributed by atoms with Crippen LogP contribution in [-0.4, -0.2) is 37.2 Å². The lowest BCUT2D eigenvalue weighted by Crippen LogP contribution is -2.42. The van der Waals surface area contributed by atoms with E-state index < -0.39 is 0 Å². The second-order valence-corrected chi connectivity index (χ2v) is 8.18. The molecular weight excluding hydrogens is 360 g/mol. The summed E-state index contributed by atoms with van der Waals surface area (Å²) in [6, 6.07) is 13.9. The Labute approximate surface area is 160 Å². The van der Waals surface area contributed by atoms with Gasteiger partial charge in [-0.15, -0.1) is 11.3 Å². The van der Waals surface area contributed by atoms with Gasteiger partial charge in [-0.05, 0) is 29.9 Å². The van der Waals surface area contributed by atoms with Crippen LogP contribution in [0, 0.1) is 0 Å². The molecule has 2 aliphatic heterocycles. The van der Waals surface area contributed by atoms with Crippen LogP contribution in [0.25, 0.3) is 0 Å². The van der Waals surface area contributed by atoms with E-state index in [0.717, 1.165) is 29.1 Å². The molecule has 1 amide bonds. The van der Waals surface area contributed by atoms with E-state index in [-0.39, 0.29) is 23.7 Å². The largest absolute Gasteiger partial charge is 0.346 e. The second kappa shape index (κ2) is 6.49. The van der Waals surface area contributed by atoms with Crippen LogP contribution < -0.4 is 5.69 Å². The van der Waals surface area contributed by atoms with Gasteiger partial charge < -0.3 is 4.90 Å². The molecule has 2 unspecified atom stereocenters. The van der Waals surface area contributed by atoms with E-state index in [9.17, 15) is 9.59 Å². The van der Waals surface area contributed by atoms with Gasteiger partial charge in [0, 0.05) is 19.0 Å². The van der Waals surface area contributed by atoms with Crippen molar-refractivity contribution in [3.63, 3.8) is 0 Å². The molecule has 2 bridgehead atoms. The van der Waals surface area contributed by atoms with Crippen molar-refractivity contribution in [2.45, 2.75) is 44.4 Å². The Bertz CT molecular complexity index is 1020. The fourth-order valence-electron chi connectivity index (χ4n) is 4.30. The second-order valence-electron chi connectivity index (χ2n) is 7.23. The monoisotopic (exact) mass is 380 g/mol. The summed E-state index contributed by atoms with van der Waals surface area (Å²) in [4.78, 5) is 28.7. The van der Waals surface area contributed by atoms with Gasteiger partial charge in [0.25, 0.3) is 5.91 Å². The molecule has 1 saturated heterocycles. The molecule has 6 nitrogen and oxygen atoms in total. The maximum atomic E-state index is 13.0. The molecule has 0 N–H and O–H groups in total. The number of amides is 1. The van der Waals surface area contributed by atoms with Crippen molar-refractivity contribution in [1.29, 1.82) is 0 Å². The normalized spacial score (nSPS) is 21.1. The summed E-state index contributed by atoms with van der Waals surface area (Å²) in [7, 11) is 0. The minimum absolute atomic E-state index is 0.0675. The predicted octanol–water partition coefficient (Wildman–Crippen LogP) is 2.38. The van der Waals surface area contributed by atoms with Crippen LogP contribution in [0.2, 0.25) is 0 Å². The molecule has 0 radical (unpaired) electrons. The highest BCUT2D eigenvalue weighted by Crippen LogP contribution is 2.32. The number of fused-ring (bicyclic) bond motifs is 3. The van der Waals surface area contributed by atoms with Crippen LogP contribution >= 0.6 is 11.3 Å². The zero-order valence-electron chi connectivity index (χ0n) is 14.8. The van der Waals surface area contributed by atoms with Crippen LogP contribution in [0.1, 0.15) is 33.9 Å². The van der Waals surface area contributed by atoms with Gasteiger partial charge in [0.2, 0.25) is 0 Å². The van der Waals surface area contributed by atoms with Crippen LogP contribution in [0.4, 0.5) is 0 Å². The fraction of sp³-hybridized carbons (Fsp3) is 0.350. The number of rotatable bonds is 3. The van der Waals surface area contributed by atoms with Gasteiger partial charge in [0.15, 0.2) is 0 Å². The average Bonchev–Trinajstić information content (AvgIpc) is 3.36. The van der Waals surface area contributed by atoms with Crippen molar-refractivity contribution in [3.05, 3.63) is 74.6 Å². The summed E-state index contributed by atoms with van der Waals surface area (Å²) in [5.74, 6) is 0.889. The molecule has 2 aliphatic rings. The topological polar surface area (TPSA) is 60.1 Å². The van der Waals surface area contributed by atoms with E-state index >= 15 is 0 Å². The first-order valence-corrected chi connectivity index (χ1v) is 10.2. The molecule has 0 saturated carbocycles. The predicted molar refractivity (Wildman–Crippen MR) is 103 cm³/mol. The molecule has 2 aromatic heterocycles. The summed E-state index contributed by atoms with van der Waals surface area (Å²) in [5.41, 5.74) is 0.982. The van der Waals surface area contributed by atoms with E-state index in [2.05, 4.69) is 5.10 Å². The lowest BCUT2D eigenvalue weighted by molar-refractivity contribution is 0.0670. The van der Waals surface area contributed by atoms with Crippen LogP contribution in [0.5, 0.6) is 0 Å². The molecule has 5 rings (SSSR count). The molecule has 27 heavy (non-hydrogen) atoms. The van der Waals surface area contributed by atoms with Gasteiger partial charge in [0.05, 0.1) is 17.5 Å². The standard InChI is InChI=1S/C20H20N4O2S/c25-19(17-7-4-10-27-17)24-15-8-9-16(24)13-22-18(11-15)21-23(20(22)26)12-14-5-2-1-3-6-14/h1-7,10,15-16H,8-9,11-13H2. The Kier molecular flexibility index (Phi) is 3.97. The smallest absolute Gasteiger partial charge is 0.330 e. The lowest BCUT2D eigenvalue weighted by Gasteiger charge is -2.27. The van der Waals surface area contributed by atoms with E-state index in [1.54, 1.807) is 9.25 Å². The molecule has 1 aromatic carbocycles. The Morgan fingerprint density at radius 3 is 2.70 bits per heavy atom. The Morgan fingerprint density at radius 2 is 1.93 bits per heavy atom. The first kappa shape index (κ1) is 16.5. The maximum Gasteiger partial charge on any atom is 0.346 e. The minimum atomic E-state index is -0.0788. The van der Waals surface area contributed by atoms with E-state index in [1.165, 1.54) is 11.3 Å². The van der Waals surface area contributed by atoms with Gasteiger partial charge >= 0.3 is 5.69 Å². The number of thiophene rings is 1. The third kappa shape index (κ3) is 2.82. The van der Waals surface area contributed by atoms with E-state index in [1.807, 2.05) is 52.7 Å². The van der Waals surface area contributed by atoms with Gasteiger partial charge in [0.1, 0.15) is 5.82 Å². The summed E-state index contributed by atoms with van der Waals surface area (Å²) in [6.07, 6.45) is 2.56. The number of benzene rings is 1. The highest BCUT2D eigenvalue weighted by atomic mass is 32.1. The van der Waals surface area contributed by atoms with Crippen molar-refractivity contribution in [2.75, 3.05) is 0 Å². The molecule has 0 spiro atoms. The third-order valence-electron chi connectivity index (χ3n) is 5.57. The lowest BCUT2D eigenvalue weighted by atomic mass is 10.1. The number of carbonyl (C=O) groups excluding carboxylic acids is 1. The summed E-state index contributed by atoms with van der Waals surface area (Å²) in [5, 5.41) is 6.54. The zero-order valence-corrected chi connectivity index (χ0v) is 15.6. The number of aromatic nitrogens is 3. The molecule has 7 heteroatoms. The highest BCUT2D eigenvalue weighted by Gasteiger charge is 2.41. The van der Waals surface area contributed by atoms with Gasteiger partial charge in [-0.2, -0.15) is 5.10 Å². The van der Waals surface area contributed by atoms with Gasteiger partial charge in [-0.3, -0.25) is 9.36 Å². The SMILES string of the molecule is O=C(c1cccs1)N1C2CCC1Cn1c(nn(Cc3ccccc3)c1=O)C2. The maximum absolute atomic E-state index is 13.0. The third-order valence-corrected chi connectivity index (χ3v) is 6.43. The van der Waals surface area contributed by atoms with E-state index in [4.69, 9.17) is 0 Å². The van der Waals surface area contributed by atoms with Crippen LogP contribution in [0.15, 0.2) is 52.6 Å². The molecule has 3 aromatic rings. The quantitative estimate of drug-likeness (QED) is 0.701. The first-order chi connectivity index (χ1) is 13.2. The summed E-state index contributed by atoms with van der Waals surface area (Å²) >= 11 is 1.48. The minimum Gasteiger partial charge on any atom is -0.330 e. The van der Waals surface area contributed by atoms with Crippen molar-refractivity contribution in [2.24, 2.45) is 0 Å². The zero-order chi connectivity index (χ0) is 18.4. The average molecular weight is 380 g/mol. The Balaban J connectivity index is 1.44. The van der Waals surface area contributed by atoms with Crippen molar-refractivity contribution >= 4 is 17.2 Å². The van der Waals surface area contributed by atoms with E-state index in [0.29, 0.717) is 19.5 Å². The molecule has 138 valence electrons. The number of nitrogens with zero attached hydrogens (tertiary/aromatic N) is 4. The molecule has 2 atom stereocenters. The van der Waals surface area contributed by atoms with Crippen molar-refractivity contribution in [1.82, 2.24) is 19.2 Å². The fourth-order valence-corrected chi connectivity index (χ4v) is 4.97.